The van der Waals surface area contributed by atoms with Gasteiger partial charge in [-0.2, -0.15) is 0 Å². The average molecular weight is 198 g/mol. The topological polar surface area (TPSA) is 41.1 Å². The van der Waals surface area contributed by atoms with Crippen molar-refractivity contribution in [1.82, 2.24) is 10.6 Å². The first-order valence-corrected chi connectivity index (χ1v) is 5.56. The van der Waals surface area contributed by atoms with Crippen molar-refractivity contribution < 1.29 is 4.79 Å². The zero-order chi connectivity index (χ0) is 10.6. The van der Waals surface area contributed by atoms with Gasteiger partial charge in [0, 0.05) is 12.6 Å². The maximum absolute atomic E-state index is 11.4. The van der Waals surface area contributed by atoms with E-state index in [0.29, 0.717) is 18.0 Å². The molecular weight excluding hydrogens is 176 g/mol. The summed E-state index contributed by atoms with van der Waals surface area (Å²) >= 11 is 0. The van der Waals surface area contributed by atoms with Gasteiger partial charge >= 0.3 is 0 Å². The predicted molar refractivity (Wildman–Crippen MR) is 58.1 cm³/mol. The van der Waals surface area contributed by atoms with Crippen molar-refractivity contribution in [3.8, 4) is 0 Å². The second-order valence-corrected chi connectivity index (χ2v) is 4.78. The van der Waals surface area contributed by atoms with E-state index in [0.717, 1.165) is 13.0 Å². The Kier molecular flexibility index (Phi) is 3.93. The van der Waals surface area contributed by atoms with Crippen molar-refractivity contribution in [3.63, 3.8) is 0 Å². The van der Waals surface area contributed by atoms with Crippen LogP contribution >= 0.6 is 0 Å². The molecule has 0 heterocycles. The van der Waals surface area contributed by atoms with E-state index < -0.39 is 0 Å². The summed E-state index contributed by atoms with van der Waals surface area (Å²) in [5.41, 5.74) is 0.409. The molecule has 0 aromatic heterocycles. The van der Waals surface area contributed by atoms with E-state index in [1.165, 1.54) is 12.8 Å². The summed E-state index contributed by atoms with van der Waals surface area (Å²) in [6, 6.07) is 0.428. The summed E-state index contributed by atoms with van der Waals surface area (Å²) in [5.74, 6) is 0.124. The van der Waals surface area contributed by atoms with Crippen LogP contribution in [-0.2, 0) is 4.79 Å². The molecule has 3 nitrogen and oxygen atoms in total. The summed E-state index contributed by atoms with van der Waals surface area (Å²) in [4.78, 5) is 11.4. The lowest BCUT2D eigenvalue weighted by Gasteiger charge is -2.13. The molecule has 3 heteroatoms. The second-order valence-electron chi connectivity index (χ2n) is 4.78. The highest BCUT2D eigenvalue weighted by Crippen LogP contribution is 2.43. The molecule has 1 atom stereocenters. The first kappa shape index (κ1) is 11.5. The summed E-state index contributed by atoms with van der Waals surface area (Å²) in [7, 11) is 0. The van der Waals surface area contributed by atoms with Crippen LogP contribution in [0.15, 0.2) is 0 Å². The summed E-state index contributed by atoms with van der Waals surface area (Å²) in [6.45, 7) is 7.71. The highest BCUT2D eigenvalue weighted by Gasteiger charge is 2.37. The Hall–Kier alpha value is -0.570. The highest BCUT2D eigenvalue weighted by molar-refractivity contribution is 5.78. The maximum atomic E-state index is 11.4. The summed E-state index contributed by atoms with van der Waals surface area (Å²) in [5, 5.41) is 6.14. The number of hydrogen-bond donors (Lipinski definition) is 2. The molecule has 1 amide bonds. The zero-order valence-corrected chi connectivity index (χ0v) is 9.52. The van der Waals surface area contributed by atoms with E-state index >= 15 is 0 Å². The Balaban J connectivity index is 2.04. The Morgan fingerprint density at radius 3 is 2.64 bits per heavy atom. The molecule has 1 rings (SSSR count). The third kappa shape index (κ3) is 4.09. The zero-order valence-electron chi connectivity index (χ0n) is 9.52. The molecule has 14 heavy (non-hydrogen) atoms. The van der Waals surface area contributed by atoms with Crippen molar-refractivity contribution in [1.29, 1.82) is 0 Å². The summed E-state index contributed by atoms with van der Waals surface area (Å²) in [6.07, 6.45) is 3.57. The molecule has 0 aliphatic heterocycles. The van der Waals surface area contributed by atoms with Gasteiger partial charge in [-0.15, -0.1) is 0 Å². The van der Waals surface area contributed by atoms with Crippen molar-refractivity contribution >= 4 is 5.91 Å². The minimum absolute atomic E-state index is 0.124. The maximum Gasteiger partial charge on any atom is 0.233 e. The van der Waals surface area contributed by atoms with E-state index in [4.69, 9.17) is 0 Å². The second kappa shape index (κ2) is 4.78. The molecule has 1 fully saturated rings. The standard InChI is InChI=1S/C11H22N2O/c1-4-9(2)12-7-10(14)13-8-11(3)5-6-11/h9,12H,4-8H2,1-3H3,(H,13,14). The van der Waals surface area contributed by atoms with Crippen LogP contribution in [0.3, 0.4) is 0 Å². The molecule has 82 valence electrons. The first-order valence-electron chi connectivity index (χ1n) is 5.56. The Morgan fingerprint density at radius 2 is 2.14 bits per heavy atom. The predicted octanol–water partition coefficient (Wildman–Crippen LogP) is 1.29. The minimum Gasteiger partial charge on any atom is -0.354 e. The van der Waals surface area contributed by atoms with Crippen molar-refractivity contribution in [2.24, 2.45) is 5.41 Å². The lowest BCUT2D eigenvalue weighted by atomic mass is 10.1. The first-order chi connectivity index (χ1) is 6.56. The van der Waals surface area contributed by atoms with Gasteiger partial charge in [-0.3, -0.25) is 4.79 Å². The minimum atomic E-state index is 0.124. The molecule has 0 saturated heterocycles. The number of hydrogen-bond acceptors (Lipinski definition) is 2. The molecule has 1 aliphatic carbocycles. The summed E-state index contributed by atoms with van der Waals surface area (Å²) < 4.78 is 0. The quantitative estimate of drug-likeness (QED) is 0.675. The fourth-order valence-electron chi connectivity index (χ4n) is 1.18. The van der Waals surface area contributed by atoms with Gasteiger partial charge in [0.15, 0.2) is 0 Å². The molecule has 2 N–H and O–H groups in total. The number of carbonyl (C=O) groups excluding carboxylic acids is 1. The Labute approximate surface area is 86.6 Å². The average Bonchev–Trinajstić information content (AvgIpc) is 2.90. The van der Waals surface area contributed by atoms with E-state index in [-0.39, 0.29) is 5.91 Å². The van der Waals surface area contributed by atoms with Crippen LogP contribution in [0.2, 0.25) is 0 Å². The molecule has 1 saturated carbocycles. The third-order valence-corrected chi connectivity index (χ3v) is 3.04. The molecule has 0 spiro atoms. The molecule has 0 radical (unpaired) electrons. The van der Waals surface area contributed by atoms with Crippen molar-refractivity contribution in [3.05, 3.63) is 0 Å². The largest absolute Gasteiger partial charge is 0.354 e. The third-order valence-electron chi connectivity index (χ3n) is 3.04. The molecule has 0 aromatic rings. The van der Waals surface area contributed by atoms with E-state index in [1.54, 1.807) is 0 Å². The number of nitrogens with one attached hydrogen (secondary N) is 2. The fraction of sp³-hybridized carbons (Fsp3) is 0.909. The lowest BCUT2D eigenvalue weighted by molar-refractivity contribution is -0.120. The van der Waals surface area contributed by atoms with Gasteiger partial charge in [-0.05, 0) is 31.6 Å². The van der Waals surface area contributed by atoms with E-state index in [1.807, 2.05) is 0 Å². The Bertz CT molecular complexity index is 199. The number of rotatable bonds is 6. The van der Waals surface area contributed by atoms with Gasteiger partial charge in [0.25, 0.3) is 0 Å². The monoisotopic (exact) mass is 198 g/mol. The molecule has 1 unspecified atom stereocenters. The normalized spacial score (nSPS) is 20.2. The smallest absolute Gasteiger partial charge is 0.233 e. The van der Waals surface area contributed by atoms with Gasteiger partial charge in [0.2, 0.25) is 5.91 Å². The van der Waals surface area contributed by atoms with Gasteiger partial charge in [0.05, 0.1) is 6.54 Å². The van der Waals surface area contributed by atoms with Gasteiger partial charge in [-0.1, -0.05) is 13.8 Å². The highest BCUT2D eigenvalue weighted by atomic mass is 16.1. The Morgan fingerprint density at radius 1 is 1.50 bits per heavy atom. The van der Waals surface area contributed by atoms with Gasteiger partial charge in [0.1, 0.15) is 0 Å². The van der Waals surface area contributed by atoms with Crippen LogP contribution in [0.5, 0.6) is 0 Å². The SMILES string of the molecule is CCC(C)NCC(=O)NCC1(C)CC1. The van der Waals surface area contributed by atoms with Crippen LogP contribution in [-0.4, -0.2) is 25.0 Å². The molecular formula is C11H22N2O. The van der Waals surface area contributed by atoms with Crippen molar-refractivity contribution in [2.75, 3.05) is 13.1 Å². The van der Waals surface area contributed by atoms with Crippen LogP contribution in [0.1, 0.15) is 40.0 Å². The van der Waals surface area contributed by atoms with Gasteiger partial charge < -0.3 is 10.6 Å². The van der Waals surface area contributed by atoms with Crippen molar-refractivity contribution in [2.45, 2.75) is 46.1 Å². The lowest BCUT2D eigenvalue weighted by Crippen LogP contribution is -2.39. The van der Waals surface area contributed by atoms with Crippen LogP contribution in [0, 0.1) is 5.41 Å². The van der Waals surface area contributed by atoms with E-state index in [2.05, 4.69) is 31.4 Å². The molecule has 0 aromatic carbocycles. The number of amides is 1. The number of carbonyl (C=O) groups is 1. The van der Waals surface area contributed by atoms with Gasteiger partial charge in [-0.25, -0.2) is 0 Å². The van der Waals surface area contributed by atoms with Crippen LogP contribution in [0.4, 0.5) is 0 Å². The fourth-order valence-corrected chi connectivity index (χ4v) is 1.18. The van der Waals surface area contributed by atoms with Crippen LogP contribution in [0.25, 0.3) is 0 Å². The molecule has 0 bridgehead atoms. The molecule has 1 aliphatic rings. The van der Waals surface area contributed by atoms with E-state index in [9.17, 15) is 4.79 Å². The van der Waals surface area contributed by atoms with Crippen LogP contribution < -0.4 is 10.6 Å².